The van der Waals surface area contributed by atoms with Gasteiger partial charge in [0, 0.05) is 48.1 Å². The van der Waals surface area contributed by atoms with Crippen molar-refractivity contribution in [3.8, 4) is 0 Å². The van der Waals surface area contributed by atoms with Crippen molar-refractivity contribution in [1.82, 2.24) is 9.80 Å². The van der Waals surface area contributed by atoms with E-state index >= 15 is 0 Å². The highest BCUT2D eigenvalue weighted by molar-refractivity contribution is 7.99. The number of benzene rings is 2. The van der Waals surface area contributed by atoms with Gasteiger partial charge in [-0.2, -0.15) is 26.3 Å². The number of likely N-dealkylation sites (tertiary alicyclic amines) is 2. The maximum atomic E-state index is 14.1. The first kappa shape index (κ1) is 37.5. The molecule has 15 heteroatoms. The zero-order valence-electron chi connectivity index (χ0n) is 26.6. The predicted octanol–water partition coefficient (Wildman–Crippen LogP) is 6.73. The van der Waals surface area contributed by atoms with E-state index in [4.69, 9.17) is 9.47 Å². The molecule has 0 aromatic heterocycles. The van der Waals surface area contributed by atoms with Crippen molar-refractivity contribution < 1.29 is 55.0 Å². The largest absolute Gasteiger partial charge is 0.466 e. The molecule has 264 valence electrons. The third-order valence-corrected chi connectivity index (χ3v) is 9.07. The Balaban J connectivity index is 1.50. The first-order valence-electron chi connectivity index (χ1n) is 15.5. The van der Waals surface area contributed by atoms with Gasteiger partial charge < -0.3 is 19.3 Å². The number of carbonyl (C=O) groups is 4. The van der Waals surface area contributed by atoms with Crippen molar-refractivity contribution in [3.05, 3.63) is 70.8 Å². The minimum absolute atomic E-state index is 0.000981. The zero-order chi connectivity index (χ0) is 35.9. The molecule has 2 aromatic carbocycles. The molecule has 2 atom stereocenters. The fourth-order valence-corrected chi connectivity index (χ4v) is 6.49. The van der Waals surface area contributed by atoms with Crippen molar-refractivity contribution in [2.75, 3.05) is 39.4 Å². The second-order valence-corrected chi connectivity index (χ2v) is 12.4. The van der Waals surface area contributed by atoms with Crippen LogP contribution in [-0.4, -0.2) is 72.9 Å². The van der Waals surface area contributed by atoms with E-state index in [1.54, 1.807) is 13.8 Å². The topological polar surface area (TPSA) is 93.2 Å². The van der Waals surface area contributed by atoms with E-state index in [1.165, 1.54) is 34.1 Å². The van der Waals surface area contributed by atoms with E-state index in [9.17, 15) is 45.5 Å². The summed E-state index contributed by atoms with van der Waals surface area (Å²) < 4.78 is 94.6. The van der Waals surface area contributed by atoms with Crippen LogP contribution in [0.3, 0.4) is 0 Å². The fourth-order valence-electron chi connectivity index (χ4n) is 5.41. The van der Waals surface area contributed by atoms with E-state index in [0.717, 1.165) is 36.4 Å². The molecule has 2 aliphatic heterocycles. The smallest absolute Gasteiger partial charge is 0.417 e. The van der Waals surface area contributed by atoms with Crippen LogP contribution in [0.25, 0.3) is 12.2 Å². The third-order valence-electron chi connectivity index (χ3n) is 7.91. The Morgan fingerprint density at radius 1 is 0.714 bits per heavy atom. The van der Waals surface area contributed by atoms with Crippen LogP contribution in [0.5, 0.6) is 0 Å². The van der Waals surface area contributed by atoms with Gasteiger partial charge in [0.25, 0.3) is 0 Å². The highest BCUT2D eigenvalue weighted by Crippen LogP contribution is 2.44. The molecule has 2 aliphatic rings. The number of esters is 2. The minimum Gasteiger partial charge on any atom is -0.466 e. The Hall–Kier alpha value is -4.27. The molecule has 0 radical (unpaired) electrons. The summed E-state index contributed by atoms with van der Waals surface area (Å²) >= 11 is 0.289. The Kier molecular flexibility index (Phi) is 12.2. The van der Waals surface area contributed by atoms with Crippen LogP contribution in [0, 0.1) is 11.8 Å². The Morgan fingerprint density at radius 3 is 1.45 bits per heavy atom. The van der Waals surface area contributed by atoms with Crippen LogP contribution in [0.2, 0.25) is 0 Å². The van der Waals surface area contributed by atoms with E-state index in [0.29, 0.717) is 12.8 Å². The number of carbonyl (C=O) groups excluding carboxylic acids is 4. The van der Waals surface area contributed by atoms with Gasteiger partial charge in [0.05, 0.1) is 36.2 Å². The molecule has 0 spiro atoms. The molecule has 4 rings (SSSR count). The Labute approximate surface area is 283 Å². The summed E-state index contributed by atoms with van der Waals surface area (Å²) in [6, 6.07) is 6.09. The number of rotatable bonds is 10. The molecule has 0 bridgehead atoms. The molecule has 2 amide bonds. The summed E-state index contributed by atoms with van der Waals surface area (Å²) in [5.74, 6) is -2.84. The molecule has 0 aliphatic carbocycles. The third kappa shape index (κ3) is 9.89. The average Bonchev–Trinajstić information content (AvgIpc) is 3.74. The molecule has 2 saturated heterocycles. The van der Waals surface area contributed by atoms with E-state index < -0.39 is 68.9 Å². The van der Waals surface area contributed by atoms with Gasteiger partial charge in [-0.15, -0.1) is 0 Å². The molecule has 2 fully saturated rings. The van der Waals surface area contributed by atoms with Gasteiger partial charge in [-0.25, -0.2) is 0 Å². The second-order valence-electron chi connectivity index (χ2n) is 11.3. The van der Waals surface area contributed by atoms with Crippen LogP contribution >= 0.6 is 11.8 Å². The lowest BCUT2D eigenvalue weighted by Gasteiger charge is -2.17. The molecule has 0 saturated carbocycles. The van der Waals surface area contributed by atoms with Gasteiger partial charge in [0.15, 0.2) is 0 Å². The lowest BCUT2D eigenvalue weighted by Crippen LogP contribution is -2.28. The number of nitrogens with zero attached hydrogens (tertiary/aromatic N) is 2. The minimum atomic E-state index is -4.93. The number of ether oxygens (including phenoxy) is 2. The fraction of sp³-hybridized carbons (Fsp3) is 0.412. The number of halogens is 6. The summed E-state index contributed by atoms with van der Waals surface area (Å²) in [4.78, 5) is 50.9. The number of hydrogen-bond donors (Lipinski definition) is 0. The molecule has 2 unspecified atom stereocenters. The molecule has 49 heavy (non-hydrogen) atoms. The van der Waals surface area contributed by atoms with Gasteiger partial charge in [0.1, 0.15) is 0 Å². The van der Waals surface area contributed by atoms with E-state index in [2.05, 4.69) is 0 Å². The first-order chi connectivity index (χ1) is 23.1. The van der Waals surface area contributed by atoms with Gasteiger partial charge in [0.2, 0.25) is 11.8 Å². The monoisotopic (exact) mass is 712 g/mol. The van der Waals surface area contributed by atoms with Gasteiger partial charge in [-0.1, -0.05) is 23.9 Å². The van der Waals surface area contributed by atoms with E-state index in [1.807, 2.05) is 0 Å². The van der Waals surface area contributed by atoms with Crippen molar-refractivity contribution in [2.24, 2.45) is 11.8 Å². The number of amides is 2. The van der Waals surface area contributed by atoms with Crippen LogP contribution in [0.1, 0.15) is 48.9 Å². The average molecular weight is 713 g/mol. The summed E-state index contributed by atoms with van der Waals surface area (Å²) in [5.41, 5.74) is -2.38. The molecule has 0 N–H and O–H groups in total. The van der Waals surface area contributed by atoms with Crippen LogP contribution in [0.4, 0.5) is 26.3 Å². The SMILES string of the molecule is CCOC(=O)C1CCN(C(=O)/C=C/c2ccc(Sc3ccc(/C=C/C(=O)N4CCC(C(=O)OCC)C4)cc3C(F)(F)F)c(C(F)(F)F)c2)C1. The van der Waals surface area contributed by atoms with Crippen molar-refractivity contribution >= 4 is 47.7 Å². The number of hydrogen-bond acceptors (Lipinski definition) is 7. The molecular formula is C34H34F6N2O6S. The van der Waals surface area contributed by atoms with Gasteiger partial charge in [-0.05, 0) is 74.2 Å². The van der Waals surface area contributed by atoms with Gasteiger partial charge in [-0.3, -0.25) is 19.2 Å². The van der Waals surface area contributed by atoms with Crippen molar-refractivity contribution in [2.45, 2.75) is 48.8 Å². The Morgan fingerprint density at radius 2 is 1.10 bits per heavy atom. The maximum Gasteiger partial charge on any atom is 0.417 e. The zero-order valence-corrected chi connectivity index (χ0v) is 27.4. The lowest BCUT2D eigenvalue weighted by molar-refractivity contribution is -0.148. The predicted molar refractivity (Wildman–Crippen MR) is 168 cm³/mol. The van der Waals surface area contributed by atoms with Crippen molar-refractivity contribution in [3.63, 3.8) is 0 Å². The van der Waals surface area contributed by atoms with Crippen molar-refractivity contribution in [1.29, 1.82) is 0 Å². The second kappa shape index (κ2) is 16.0. The summed E-state index contributed by atoms with van der Waals surface area (Å²) in [5, 5.41) is 0. The van der Waals surface area contributed by atoms with Crippen LogP contribution in [-0.2, 0) is 41.0 Å². The summed E-state index contributed by atoms with van der Waals surface area (Å²) in [7, 11) is 0. The highest BCUT2D eigenvalue weighted by atomic mass is 32.2. The first-order valence-corrected chi connectivity index (χ1v) is 16.3. The molecule has 2 aromatic rings. The molecule has 8 nitrogen and oxygen atoms in total. The van der Waals surface area contributed by atoms with Gasteiger partial charge >= 0.3 is 24.3 Å². The normalized spacial score (nSPS) is 18.4. The van der Waals surface area contributed by atoms with Crippen LogP contribution in [0.15, 0.2) is 58.3 Å². The quantitative estimate of drug-likeness (QED) is 0.153. The Bertz CT molecular complexity index is 1510. The summed E-state index contributed by atoms with van der Waals surface area (Å²) in [6.07, 6.45) is -4.56. The molecular weight excluding hydrogens is 678 g/mol. The number of alkyl halides is 6. The standard InChI is InChI=1S/C34H34F6N2O6S/c1-3-47-31(45)23-13-15-41(19-23)29(43)11-7-21-5-9-27(25(17-21)33(35,36)37)49-28-10-6-22(18-26(28)34(38,39)40)8-12-30(44)42-16-14-24(20-42)32(46)48-4-2/h5-12,17-18,23-24H,3-4,13-16,19-20H2,1-2H3/b11-7+,12-8+. The lowest BCUT2D eigenvalue weighted by atomic mass is 10.1. The van der Waals surface area contributed by atoms with Crippen LogP contribution < -0.4 is 0 Å². The van der Waals surface area contributed by atoms with E-state index in [-0.39, 0.29) is 62.3 Å². The summed E-state index contributed by atoms with van der Waals surface area (Å²) in [6.45, 7) is 4.51. The molecule has 2 heterocycles. The highest BCUT2D eigenvalue weighted by Gasteiger charge is 2.37. The maximum absolute atomic E-state index is 14.1.